The van der Waals surface area contributed by atoms with E-state index < -0.39 is 10.1 Å². The summed E-state index contributed by atoms with van der Waals surface area (Å²) in [4.78, 5) is 9.14. The lowest BCUT2D eigenvalue weighted by atomic mass is 10.2. The number of hydrogen-bond acceptors (Lipinski definition) is 7. The zero-order valence-electron chi connectivity index (χ0n) is 15.3. The first-order valence-electron chi connectivity index (χ1n) is 8.72. The van der Waals surface area contributed by atoms with Gasteiger partial charge in [0, 0.05) is 26.2 Å². The third-order valence-corrected chi connectivity index (χ3v) is 5.04. The van der Waals surface area contributed by atoms with Gasteiger partial charge in [-0.3, -0.25) is 0 Å². The maximum absolute atomic E-state index is 11.5. The molecule has 0 saturated carbocycles. The molecule has 8 heteroatoms. The Morgan fingerprint density at radius 1 is 1.07 bits per heavy atom. The van der Waals surface area contributed by atoms with Crippen molar-refractivity contribution in [3.05, 3.63) is 53.0 Å². The van der Waals surface area contributed by atoms with Gasteiger partial charge in [0.2, 0.25) is 5.88 Å². The first-order valence-corrected chi connectivity index (χ1v) is 10.5. The standard InChI is InChI=1S/C19H21N3O4S/c1-21-9-11-22(12-10-21)19-15-13-14(26-27(2,23)24)7-8-16(15)20-17-5-3-4-6-18(17)25-19/h3-8,13H,9-12H2,1-2H3. The molecule has 1 fully saturated rings. The number of nitrogens with zero attached hydrogens (tertiary/aromatic N) is 3. The lowest BCUT2D eigenvalue weighted by Crippen LogP contribution is -2.47. The molecule has 27 heavy (non-hydrogen) atoms. The SMILES string of the molecule is CN1CCN(C2=c3cc(OS(C)(=O)=O)ccc3=Nc3ccccc3O2)CC1. The molecule has 2 heterocycles. The van der Waals surface area contributed by atoms with Crippen LogP contribution in [0.15, 0.2) is 47.5 Å². The second kappa shape index (κ2) is 6.86. The van der Waals surface area contributed by atoms with Crippen LogP contribution in [-0.4, -0.2) is 57.7 Å². The van der Waals surface area contributed by atoms with Crippen molar-refractivity contribution in [2.45, 2.75) is 0 Å². The van der Waals surface area contributed by atoms with Crippen molar-refractivity contribution in [1.29, 1.82) is 0 Å². The van der Waals surface area contributed by atoms with E-state index in [1.807, 2.05) is 24.3 Å². The number of fused-ring (bicyclic) bond motifs is 2. The van der Waals surface area contributed by atoms with Crippen LogP contribution in [-0.2, 0) is 10.1 Å². The van der Waals surface area contributed by atoms with Crippen LogP contribution in [0.2, 0.25) is 0 Å². The summed E-state index contributed by atoms with van der Waals surface area (Å²) in [6.45, 7) is 3.45. The van der Waals surface area contributed by atoms with Crippen LogP contribution >= 0.6 is 0 Å². The lowest BCUT2D eigenvalue weighted by molar-refractivity contribution is 0.177. The van der Waals surface area contributed by atoms with Crippen molar-refractivity contribution in [3.8, 4) is 11.5 Å². The van der Waals surface area contributed by atoms with E-state index in [1.54, 1.807) is 18.2 Å². The van der Waals surface area contributed by atoms with Crippen LogP contribution in [0.5, 0.6) is 11.5 Å². The molecule has 2 aliphatic heterocycles. The normalized spacial score (nSPS) is 17.3. The summed E-state index contributed by atoms with van der Waals surface area (Å²) in [7, 11) is -1.53. The summed E-state index contributed by atoms with van der Waals surface area (Å²) in [6.07, 6.45) is 1.03. The van der Waals surface area contributed by atoms with Crippen molar-refractivity contribution in [1.82, 2.24) is 9.80 Å². The predicted octanol–water partition coefficient (Wildman–Crippen LogP) is 0.682. The maximum Gasteiger partial charge on any atom is 0.306 e. The third-order valence-electron chi connectivity index (χ3n) is 4.55. The minimum Gasteiger partial charge on any atom is -0.438 e. The number of piperazine rings is 1. The van der Waals surface area contributed by atoms with Gasteiger partial charge in [0.05, 0.1) is 16.8 Å². The second-order valence-corrected chi connectivity index (χ2v) is 8.32. The number of ether oxygens (including phenoxy) is 1. The highest BCUT2D eigenvalue weighted by Gasteiger charge is 2.22. The Labute approximate surface area is 158 Å². The molecule has 0 aliphatic carbocycles. The molecule has 2 aromatic rings. The van der Waals surface area contributed by atoms with Gasteiger partial charge in [-0.2, -0.15) is 8.42 Å². The minimum absolute atomic E-state index is 0.243. The van der Waals surface area contributed by atoms with Gasteiger partial charge in [-0.1, -0.05) is 12.1 Å². The van der Waals surface area contributed by atoms with Crippen LogP contribution in [0.1, 0.15) is 0 Å². The molecule has 1 saturated heterocycles. The summed E-state index contributed by atoms with van der Waals surface area (Å²) in [6, 6.07) is 12.6. The fourth-order valence-corrected chi connectivity index (χ4v) is 3.63. The molecule has 4 rings (SSSR count). The first kappa shape index (κ1) is 17.8. The molecule has 0 spiro atoms. The van der Waals surface area contributed by atoms with Crippen molar-refractivity contribution < 1.29 is 17.3 Å². The Morgan fingerprint density at radius 2 is 1.81 bits per heavy atom. The van der Waals surface area contributed by atoms with Crippen LogP contribution in [0.25, 0.3) is 5.88 Å². The van der Waals surface area contributed by atoms with Gasteiger partial charge in [0.15, 0.2) is 5.75 Å². The second-order valence-electron chi connectivity index (χ2n) is 6.74. The summed E-state index contributed by atoms with van der Waals surface area (Å²) in [5.74, 6) is 1.59. The first-order chi connectivity index (χ1) is 12.9. The Hall–Kier alpha value is -2.58. The van der Waals surface area contributed by atoms with E-state index in [9.17, 15) is 8.42 Å². The van der Waals surface area contributed by atoms with Crippen LogP contribution in [0, 0.1) is 0 Å². The molecule has 7 nitrogen and oxygen atoms in total. The van der Waals surface area contributed by atoms with Crippen molar-refractivity contribution >= 4 is 21.7 Å². The number of para-hydroxylation sites is 2. The van der Waals surface area contributed by atoms with Gasteiger partial charge in [0.1, 0.15) is 11.4 Å². The number of benzene rings is 2. The van der Waals surface area contributed by atoms with Gasteiger partial charge in [-0.05, 0) is 37.4 Å². The van der Waals surface area contributed by atoms with E-state index in [0.717, 1.165) is 48.7 Å². The van der Waals surface area contributed by atoms with E-state index >= 15 is 0 Å². The monoisotopic (exact) mass is 387 g/mol. The molecule has 0 N–H and O–H groups in total. The van der Waals surface area contributed by atoms with E-state index in [1.165, 1.54) is 0 Å². The highest BCUT2D eigenvalue weighted by molar-refractivity contribution is 7.86. The van der Waals surface area contributed by atoms with Crippen LogP contribution < -0.4 is 19.5 Å². The zero-order valence-corrected chi connectivity index (χ0v) is 16.1. The molecule has 0 unspecified atom stereocenters. The van der Waals surface area contributed by atoms with Gasteiger partial charge >= 0.3 is 10.1 Å². The molecule has 142 valence electrons. The predicted molar refractivity (Wildman–Crippen MR) is 102 cm³/mol. The zero-order chi connectivity index (χ0) is 19.0. The van der Waals surface area contributed by atoms with E-state index in [4.69, 9.17) is 13.9 Å². The summed E-state index contributed by atoms with van der Waals surface area (Å²) >= 11 is 0. The van der Waals surface area contributed by atoms with Crippen molar-refractivity contribution in [2.24, 2.45) is 4.99 Å². The number of likely N-dealkylation sites (N-methyl/N-ethyl adjacent to an activating group) is 1. The molecule has 0 atom stereocenters. The fourth-order valence-electron chi connectivity index (χ4n) is 3.18. The van der Waals surface area contributed by atoms with Crippen LogP contribution in [0.4, 0.5) is 5.69 Å². The van der Waals surface area contributed by atoms with Crippen molar-refractivity contribution in [2.75, 3.05) is 39.5 Å². The fraction of sp³-hybridized carbons (Fsp3) is 0.316. The van der Waals surface area contributed by atoms with E-state index in [2.05, 4.69) is 16.8 Å². The number of hydrogen-bond donors (Lipinski definition) is 0. The molecule has 0 aromatic heterocycles. The average molecular weight is 387 g/mol. The minimum atomic E-state index is -3.62. The highest BCUT2D eigenvalue weighted by Crippen LogP contribution is 2.30. The van der Waals surface area contributed by atoms with Gasteiger partial charge in [-0.25, -0.2) is 4.99 Å². The molecular formula is C19H21N3O4S. The molecule has 0 amide bonds. The third kappa shape index (κ3) is 3.91. The lowest BCUT2D eigenvalue weighted by Gasteiger charge is -2.34. The molecular weight excluding hydrogens is 366 g/mol. The molecule has 0 bridgehead atoms. The quantitative estimate of drug-likeness (QED) is 0.722. The van der Waals surface area contributed by atoms with Crippen molar-refractivity contribution in [3.63, 3.8) is 0 Å². The largest absolute Gasteiger partial charge is 0.438 e. The van der Waals surface area contributed by atoms with E-state index in [0.29, 0.717) is 11.6 Å². The summed E-state index contributed by atoms with van der Waals surface area (Å²) < 4.78 is 34.4. The Bertz CT molecular complexity index is 1090. The topological polar surface area (TPSA) is 71.4 Å². The molecule has 2 aliphatic rings. The van der Waals surface area contributed by atoms with Gasteiger partial charge < -0.3 is 18.7 Å². The summed E-state index contributed by atoms with van der Waals surface area (Å²) in [5.41, 5.74) is 0.736. The Balaban J connectivity index is 1.89. The number of rotatable bonds is 3. The average Bonchev–Trinajstić information content (AvgIpc) is 2.78. The highest BCUT2D eigenvalue weighted by atomic mass is 32.2. The molecule has 2 aromatic carbocycles. The summed E-state index contributed by atoms with van der Waals surface area (Å²) in [5, 5.41) is 1.44. The molecule has 0 radical (unpaired) electrons. The van der Waals surface area contributed by atoms with E-state index in [-0.39, 0.29) is 5.75 Å². The smallest absolute Gasteiger partial charge is 0.306 e. The van der Waals surface area contributed by atoms with Crippen LogP contribution in [0.3, 0.4) is 0 Å². The van der Waals surface area contributed by atoms with Gasteiger partial charge in [0.25, 0.3) is 0 Å². The van der Waals surface area contributed by atoms with Gasteiger partial charge in [-0.15, -0.1) is 0 Å². The maximum atomic E-state index is 11.5. The Kier molecular flexibility index (Phi) is 4.53. The Morgan fingerprint density at radius 3 is 2.56 bits per heavy atom.